The van der Waals surface area contributed by atoms with Crippen LogP contribution >= 0.6 is 0 Å². The normalized spacial score (nSPS) is 11.9. The molecule has 1 aromatic carbocycles. The Bertz CT molecular complexity index is 503. The molecule has 1 aromatic rings. The lowest BCUT2D eigenvalue weighted by Gasteiger charge is -2.20. The molecule has 2 N–H and O–H groups in total. The molecule has 128 valence electrons. The highest BCUT2D eigenvalue weighted by Crippen LogP contribution is 2.06. The van der Waals surface area contributed by atoms with Crippen molar-refractivity contribution in [2.24, 2.45) is 5.92 Å². The van der Waals surface area contributed by atoms with Crippen LogP contribution in [-0.2, 0) is 16.0 Å². The summed E-state index contributed by atoms with van der Waals surface area (Å²) in [5.41, 5.74) is 0.739. The van der Waals surface area contributed by atoms with E-state index in [0.29, 0.717) is 19.1 Å². The summed E-state index contributed by atoms with van der Waals surface area (Å²) in [5.74, 6) is -0.128. The minimum atomic E-state index is -0.481. The van der Waals surface area contributed by atoms with E-state index in [1.165, 1.54) is 12.1 Å². The van der Waals surface area contributed by atoms with E-state index in [2.05, 4.69) is 10.6 Å². The van der Waals surface area contributed by atoms with Crippen molar-refractivity contribution in [3.05, 3.63) is 35.6 Å². The molecule has 1 atom stereocenters. The number of hydrogen-bond donors (Lipinski definition) is 2. The molecule has 6 heteroatoms. The summed E-state index contributed by atoms with van der Waals surface area (Å²) >= 11 is 0. The zero-order valence-corrected chi connectivity index (χ0v) is 13.9. The van der Waals surface area contributed by atoms with Crippen LogP contribution in [0.25, 0.3) is 0 Å². The van der Waals surface area contributed by atoms with Gasteiger partial charge in [0.15, 0.2) is 0 Å². The molecule has 1 rings (SSSR count). The van der Waals surface area contributed by atoms with Gasteiger partial charge in [-0.05, 0) is 37.0 Å². The van der Waals surface area contributed by atoms with Crippen LogP contribution in [0.1, 0.15) is 32.8 Å². The molecule has 0 saturated heterocycles. The number of carbonyl (C=O) groups is 2. The quantitative estimate of drug-likeness (QED) is 0.772. The number of benzene rings is 1. The lowest BCUT2D eigenvalue weighted by Crippen LogP contribution is -2.44. The van der Waals surface area contributed by atoms with Gasteiger partial charge in [-0.3, -0.25) is 4.79 Å². The fourth-order valence-corrected chi connectivity index (χ4v) is 2.19. The summed E-state index contributed by atoms with van der Waals surface area (Å²) in [6.45, 7) is 6.45. The summed E-state index contributed by atoms with van der Waals surface area (Å²) in [5, 5.41) is 5.55. The van der Waals surface area contributed by atoms with Gasteiger partial charge in [-0.1, -0.05) is 26.0 Å². The fourth-order valence-electron chi connectivity index (χ4n) is 2.19. The maximum absolute atomic E-state index is 12.8. The number of nitrogens with one attached hydrogen (secondary N) is 2. The van der Waals surface area contributed by atoms with Gasteiger partial charge in [0.25, 0.3) is 0 Å². The van der Waals surface area contributed by atoms with Crippen molar-refractivity contribution < 1.29 is 18.7 Å². The van der Waals surface area contributed by atoms with Crippen LogP contribution < -0.4 is 10.6 Å². The third-order valence-corrected chi connectivity index (χ3v) is 3.18. The molecule has 0 fully saturated rings. The third kappa shape index (κ3) is 8.18. The van der Waals surface area contributed by atoms with E-state index in [1.807, 2.05) is 13.8 Å². The lowest BCUT2D eigenvalue weighted by atomic mass is 10.0. The number of halogens is 1. The molecule has 0 unspecified atom stereocenters. The Morgan fingerprint density at radius 1 is 1.22 bits per heavy atom. The smallest absolute Gasteiger partial charge is 0.407 e. The molecule has 0 aliphatic carbocycles. The topological polar surface area (TPSA) is 67.4 Å². The maximum atomic E-state index is 12.8. The SMILES string of the molecule is CCOC(=O)N[C@H](CNC(=O)Cc1ccc(F)cc1)CC(C)C. The molecule has 0 aliphatic heterocycles. The van der Waals surface area contributed by atoms with Crippen molar-refractivity contribution >= 4 is 12.0 Å². The largest absolute Gasteiger partial charge is 0.450 e. The van der Waals surface area contributed by atoms with E-state index in [4.69, 9.17) is 4.74 Å². The van der Waals surface area contributed by atoms with Crippen LogP contribution in [0.3, 0.4) is 0 Å². The van der Waals surface area contributed by atoms with E-state index >= 15 is 0 Å². The second-order valence-electron chi connectivity index (χ2n) is 5.80. The molecular weight excluding hydrogens is 299 g/mol. The Kier molecular flexibility index (Phi) is 8.08. The molecule has 2 amide bonds. The molecule has 0 aromatic heterocycles. The van der Waals surface area contributed by atoms with Gasteiger partial charge in [-0.25, -0.2) is 9.18 Å². The second-order valence-corrected chi connectivity index (χ2v) is 5.80. The van der Waals surface area contributed by atoms with Gasteiger partial charge in [0.05, 0.1) is 13.0 Å². The molecule has 23 heavy (non-hydrogen) atoms. The Labute approximate surface area is 136 Å². The second kappa shape index (κ2) is 9.82. The summed E-state index contributed by atoms with van der Waals surface area (Å²) in [6.07, 6.45) is 0.426. The Morgan fingerprint density at radius 2 is 1.87 bits per heavy atom. The van der Waals surface area contributed by atoms with Crippen LogP contribution in [0.15, 0.2) is 24.3 Å². The number of hydrogen-bond acceptors (Lipinski definition) is 3. The maximum Gasteiger partial charge on any atom is 0.407 e. The van der Waals surface area contributed by atoms with Gasteiger partial charge in [-0.2, -0.15) is 0 Å². The first-order chi connectivity index (χ1) is 10.9. The van der Waals surface area contributed by atoms with Crippen molar-refractivity contribution in [3.63, 3.8) is 0 Å². The lowest BCUT2D eigenvalue weighted by molar-refractivity contribution is -0.120. The van der Waals surface area contributed by atoms with E-state index in [1.54, 1.807) is 19.1 Å². The van der Waals surface area contributed by atoms with Crippen molar-refractivity contribution in [1.29, 1.82) is 0 Å². The van der Waals surface area contributed by atoms with Gasteiger partial charge in [0.1, 0.15) is 5.82 Å². The monoisotopic (exact) mass is 324 g/mol. The number of carbonyl (C=O) groups excluding carboxylic acids is 2. The average Bonchev–Trinajstić information content (AvgIpc) is 2.47. The average molecular weight is 324 g/mol. The Balaban J connectivity index is 2.47. The summed E-state index contributed by atoms with van der Waals surface area (Å²) in [7, 11) is 0. The third-order valence-electron chi connectivity index (χ3n) is 3.18. The standard InChI is InChI=1S/C17H25FN2O3/c1-4-23-17(22)20-15(9-12(2)3)11-19-16(21)10-13-5-7-14(18)8-6-13/h5-8,12,15H,4,9-11H2,1-3H3,(H,19,21)(H,20,22)/t15-/m0/s1. The van der Waals surface area contributed by atoms with E-state index in [9.17, 15) is 14.0 Å². The van der Waals surface area contributed by atoms with Gasteiger partial charge >= 0.3 is 6.09 Å². The molecule has 0 saturated carbocycles. The van der Waals surface area contributed by atoms with E-state index < -0.39 is 6.09 Å². The highest BCUT2D eigenvalue weighted by molar-refractivity contribution is 5.78. The molecule has 0 heterocycles. The van der Waals surface area contributed by atoms with Crippen LogP contribution in [-0.4, -0.2) is 31.2 Å². The Hall–Kier alpha value is -2.11. The number of rotatable bonds is 8. The predicted octanol–water partition coefficient (Wildman–Crippen LogP) is 2.65. The van der Waals surface area contributed by atoms with Crippen LogP contribution in [0.5, 0.6) is 0 Å². The Morgan fingerprint density at radius 3 is 2.43 bits per heavy atom. The molecule has 5 nitrogen and oxygen atoms in total. The first-order valence-corrected chi connectivity index (χ1v) is 7.85. The molecule has 0 bridgehead atoms. The minimum absolute atomic E-state index is 0.170. The van der Waals surface area contributed by atoms with Crippen molar-refractivity contribution in [2.75, 3.05) is 13.2 Å². The minimum Gasteiger partial charge on any atom is -0.450 e. The highest BCUT2D eigenvalue weighted by Gasteiger charge is 2.16. The summed E-state index contributed by atoms with van der Waals surface area (Å²) in [6, 6.07) is 5.62. The summed E-state index contributed by atoms with van der Waals surface area (Å²) < 4.78 is 17.7. The first-order valence-electron chi connectivity index (χ1n) is 7.85. The van der Waals surface area contributed by atoms with Crippen molar-refractivity contribution in [3.8, 4) is 0 Å². The van der Waals surface area contributed by atoms with E-state index in [0.717, 1.165) is 12.0 Å². The van der Waals surface area contributed by atoms with Gasteiger partial charge in [0.2, 0.25) is 5.91 Å². The van der Waals surface area contributed by atoms with E-state index in [-0.39, 0.29) is 24.2 Å². The zero-order chi connectivity index (χ0) is 17.2. The first kappa shape index (κ1) is 18.9. The molecule has 0 aliphatic rings. The number of amides is 2. The van der Waals surface area contributed by atoms with Gasteiger partial charge < -0.3 is 15.4 Å². The number of alkyl carbamates (subject to hydrolysis) is 1. The zero-order valence-electron chi connectivity index (χ0n) is 13.9. The predicted molar refractivity (Wildman–Crippen MR) is 86.5 cm³/mol. The van der Waals surface area contributed by atoms with Crippen LogP contribution in [0.2, 0.25) is 0 Å². The highest BCUT2D eigenvalue weighted by atomic mass is 19.1. The molecular formula is C17H25FN2O3. The fraction of sp³-hybridized carbons (Fsp3) is 0.529. The summed E-state index contributed by atoms with van der Waals surface area (Å²) in [4.78, 5) is 23.5. The van der Waals surface area contributed by atoms with Crippen LogP contribution in [0, 0.1) is 11.7 Å². The van der Waals surface area contributed by atoms with Gasteiger partial charge in [0, 0.05) is 12.6 Å². The molecule has 0 spiro atoms. The number of ether oxygens (including phenoxy) is 1. The van der Waals surface area contributed by atoms with Crippen molar-refractivity contribution in [1.82, 2.24) is 10.6 Å². The van der Waals surface area contributed by atoms with Crippen molar-refractivity contribution in [2.45, 2.75) is 39.7 Å². The molecule has 0 radical (unpaired) electrons. The van der Waals surface area contributed by atoms with Gasteiger partial charge in [-0.15, -0.1) is 0 Å². The van der Waals surface area contributed by atoms with Crippen LogP contribution in [0.4, 0.5) is 9.18 Å².